The average molecular weight is 263 g/mol. The first-order valence-corrected chi connectivity index (χ1v) is 7.17. The molecule has 3 heteroatoms. The lowest BCUT2D eigenvalue weighted by Crippen LogP contribution is -2.44. The SMILES string of the molecule is CCN(C(C)CN(C)C)C(CN)c1ccccc1C. The van der Waals surface area contributed by atoms with E-state index in [2.05, 4.69) is 68.9 Å². The molecule has 0 bridgehead atoms. The molecular weight excluding hydrogens is 234 g/mol. The summed E-state index contributed by atoms with van der Waals surface area (Å²) in [6, 6.07) is 9.37. The van der Waals surface area contributed by atoms with Gasteiger partial charge in [-0.05, 0) is 45.6 Å². The van der Waals surface area contributed by atoms with Crippen LogP contribution >= 0.6 is 0 Å². The fourth-order valence-electron chi connectivity index (χ4n) is 2.87. The maximum absolute atomic E-state index is 6.06. The molecule has 2 unspecified atom stereocenters. The minimum Gasteiger partial charge on any atom is -0.329 e. The summed E-state index contributed by atoms with van der Waals surface area (Å²) in [4.78, 5) is 4.74. The number of aryl methyl sites for hydroxylation is 1. The van der Waals surface area contributed by atoms with Crippen molar-refractivity contribution in [1.82, 2.24) is 9.80 Å². The quantitative estimate of drug-likeness (QED) is 0.819. The standard InChI is InChI=1S/C16H29N3/c1-6-19(14(3)12-18(4)5)16(11-17)15-10-8-7-9-13(15)2/h7-10,14,16H,6,11-12,17H2,1-5H3. The second-order valence-electron chi connectivity index (χ2n) is 5.55. The van der Waals surface area contributed by atoms with Gasteiger partial charge in [0.05, 0.1) is 0 Å². The number of nitrogens with zero attached hydrogens (tertiary/aromatic N) is 2. The summed E-state index contributed by atoms with van der Waals surface area (Å²) in [6.07, 6.45) is 0. The highest BCUT2D eigenvalue weighted by atomic mass is 15.2. The third kappa shape index (κ3) is 4.30. The van der Waals surface area contributed by atoms with Gasteiger partial charge >= 0.3 is 0 Å². The number of hydrogen-bond donors (Lipinski definition) is 1. The lowest BCUT2D eigenvalue weighted by atomic mass is 9.98. The zero-order valence-electron chi connectivity index (χ0n) is 13.1. The molecule has 1 aromatic rings. The highest BCUT2D eigenvalue weighted by Crippen LogP contribution is 2.24. The molecule has 0 heterocycles. The number of benzene rings is 1. The van der Waals surface area contributed by atoms with Gasteiger partial charge < -0.3 is 10.6 Å². The zero-order valence-corrected chi connectivity index (χ0v) is 13.1. The predicted molar refractivity (Wildman–Crippen MR) is 83.4 cm³/mol. The van der Waals surface area contributed by atoms with Crippen molar-refractivity contribution in [2.24, 2.45) is 5.73 Å². The van der Waals surface area contributed by atoms with Crippen molar-refractivity contribution in [3.63, 3.8) is 0 Å². The molecule has 3 nitrogen and oxygen atoms in total. The molecule has 0 fully saturated rings. The number of rotatable bonds is 7. The molecule has 0 aliphatic heterocycles. The number of likely N-dealkylation sites (N-methyl/N-ethyl adjacent to an activating group) is 2. The molecule has 0 aliphatic carbocycles. The van der Waals surface area contributed by atoms with E-state index >= 15 is 0 Å². The van der Waals surface area contributed by atoms with Gasteiger partial charge in [0.15, 0.2) is 0 Å². The minimum absolute atomic E-state index is 0.307. The second kappa shape index (κ2) is 7.63. The van der Waals surface area contributed by atoms with Crippen LogP contribution in [0.15, 0.2) is 24.3 Å². The van der Waals surface area contributed by atoms with Crippen LogP contribution in [0.4, 0.5) is 0 Å². The molecule has 0 aliphatic rings. The van der Waals surface area contributed by atoms with Crippen LogP contribution in [0.5, 0.6) is 0 Å². The summed E-state index contributed by atoms with van der Waals surface area (Å²) in [5.41, 5.74) is 8.75. The Labute approximate surface area is 118 Å². The summed E-state index contributed by atoms with van der Waals surface area (Å²) < 4.78 is 0. The van der Waals surface area contributed by atoms with Gasteiger partial charge in [-0.25, -0.2) is 0 Å². The van der Waals surface area contributed by atoms with Gasteiger partial charge in [-0.3, -0.25) is 4.90 Å². The van der Waals surface area contributed by atoms with Gasteiger partial charge in [-0.15, -0.1) is 0 Å². The minimum atomic E-state index is 0.307. The highest BCUT2D eigenvalue weighted by molar-refractivity contribution is 5.29. The van der Waals surface area contributed by atoms with E-state index in [1.807, 2.05) is 0 Å². The summed E-state index contributed by atoms with van der Waals surface area (Å²) in [5.74, 6) is 0. The van der Waals surface area contributed by atoms with Crippen LogP contribution < -0.4 is 5.73 Å². The lowest BCUT2D eigenvalue weighted by Gasteiger charge is -2.37. The molecule has 1 rings (SSSR count). The van der Waals surface area contributed by atoms with Gasteiger partial charge in [0.1, 0.15) is 0 Å². The van der Waals surface area contributed by atoms with Crippen LogP contribution in [0.25, 0.3) is 0 Å². The maximum Gasteiger partial charge on any atom is 0.0476 e. The molecule has 0 aromatic heterocycles. The smallest absolute Gasteiger partial charge is 0.0476 e. The molecule has 0 saturated carbocycles. The third-order valence-electron chi connectivity index (χ3n) is 3.73. The van der Waals surface area contributed by atoms with Crippen molar-refractivity contribution in [2.45, 2.75) is 32.9 Å². The van der Waals surface area contributed by atoms with Gasteiger partial charge in [0.2, 0.25) is 0 Å². The first-order valence-electron chi connectivity index (χ1n) is 7.17. The van der Waals surface area contributed by atoms with E-state index in [1.165, 1.54) is 11.1 Å². The van der Waals surface area contributed by atoms with E-state index in [0.717, 1.165) is 13.1 Å². The van der Waals surface area contributed by atoms with Crippen molar-refractivity contribution in [2.75, 3.05) is 33.7 Å². The van der Waals surface area contributed by atoms with E-state index in [4.69, 9.17) is 5.73 Å². The zero-order chi connectivity index (χ0) is 14.4. The van der Waals surface area contributed by atoms with Crippen LogP contribution in [0.1, 0.15) is 31.0 Å². The van der Waals surface area contributed by atoms with Crippen molar-refractivity contribution >= 4 is 0 Å². The number of nitrogens with two attached hydrogens (primary N) is 1. The fraction of sp³-hybridized carbons (Fsp3) is 0.625. The molecule has 108 valence electrons. The second-order valence-corrected chi connectivity index (χ2v) is 5.55. The first-order chi connectivity index (χ1) is 9.01. The molecule has 19 heavy (non-hydrogen) atoms. The molecule has 1 aromatic carbocycles. The van der Waals surface area contributed by atoms with Crippen LogP contribution in [0.3, 0.4) is 0 Å². The Morgan fingerprint density at radius 3 is 2.32 bits per heavy atom. The Hall–Kier alpha value is -0.900. The summed E-state index contributed by atoms with van der Waals surface area (Å²) in [6.45, 7) is 9.40. The van der Waals surface area contributed by atoms with Gasteiger partial charge in [-0.1, -0.05) is 31.2 Å². The Kier molecular flexibility index (Phi) is 6.49. The van der Waals surface area contributed by atoms with Crippen molar-refractivity contribution < 1.29 is 0 Å². The number of hydrogen-bond acceptors (Lipinski definition) is 3. The maximum atomic E-state index is 6.06. The Bertz CT molecular complexity index is 376. The van der Waals surface area contributed by atoms with E-state index in [1.54, 1.807) is 0 Å². The van der Waals surface area contributed by atoms with E-state index in [-0.39, 0.29) is 0 Å². The molecule has 0 radical (unpaired) electrons. The molecule has 2 N–H and O–H groups in total. The van der Waals surface area contributed by atoms with Crippen molar-refractivity contribution in [3.8, 4) is 0 Å². The van der Waals surface area contributed by atoms with Crippen LogP contribution in [0, 0.1) is 6.92 Å². The fourth-order valence-corrected chi connectivity index (χ4v) is 2.87. The summed E-state index contributed by atoms with van der Waals surface area (Å²) >= 11 is 0. The van der Waals surface area contributed by atoms with Crippen LogP contribution in [0.2, 0.25) is 0 Å². The lowest BCUT2D eigenvalue weighted by molar-refractivity contribution is 0.130. The Balaban J connectivity index is 2.96. The van der Waals surface area contributed by atoms with E-state index < -0.39 is 0 Å². The molecule has 0 saturated heterocycles. The molecule has 2 atom stereocenters. The van der Waals surface area contributed by atoms with Crippen LogP contribution in [-0.4, -0.2) is 49.6 Å². The van der Waals surface area contributed by atoms with Gasteiger partial charge in [0.25, 0.3) is 0 Å². The van der Waals surface area contributed by atoms with Crippen molar-refractivity contribution in [3.05, 3.63) is 35.4 Å². The third-order valence-corrected chi connectivity index (χ3v) is 3.73. The summed E-state index contributed by atoms with van der Waals surface area (Å²) in [7, 11) is 4.24. The Morgan fingerprint density at radius 2 is 1.84 bits per heavy atom. The molecular formula is C16H29N3. The first kappa shape index (κ1) is 16.2. The molecule has 0 amide bonds. The largest absolute Gasteiger partial charge is 0.329 e. The predicted octanol–water partition coefficient (Wildman–Crippen LogP) is 2.27. The normalized spacial score (nSPS) is 14.9. The average Bonchev–Trinajstić information content (AvgIpc) is 2.36. The highest BCUT2D eigenvalue weighted by Gasteiger charge is 2.23. The van der Waals surface area contributed by atoms with Crippen molar-refractivity contribution in [1.29, 1.82) is 0 Å². The van der Waals surface area contributed by atoms with Gasteiger partial charge in [0, 0.05) is 25.2 Å². The molecule has 0 spiro atoms. The summed E-state index contributed by atoms with van der Waals surface area (Å²) in [5, 5.41) is 0. The van der Waals surface area contributed by atoms with Gasteiger partial charge in [-0.2, -0.15) is 0 Å². The monoisotopic (exact) mass is 263 g/mol. The topological polar surface area (TPSA) is 32.5 Å². The van der Waals surface area contributed by atoms with E-state index in [0.29, 0.717) is 18.6 Å². The van der Waals surface area contributed by atoms with Crippen LogP contribution in [-0.2, 0) is 0 Å². The van der Waals surface area contributed by atoms with E-state index in [9.17, 15) is 0 Å². The Morgan fingerprint density at radius 1 is 1.21 bits per heavy atom.